The van der Waals surface area contributed by atoms with E-state index in [2.05, 4.69) is 22.3 Å². The van der Waals surface area contributed by atoms with Crippen molar-refractivity contribution in [3.8, 4) is 17.3 Å². The highest BCUT2D eigenvalue weighted by Crippen LogP contribution is 2.38. The van der Waals surface area contributed by atoms with Crippen LogP contribution in [0.2, 0.25) is 0 Å². The van der Waals surface area contributed by atoms with Gasteiger partial charge in [0.1, 0.15) is 23.4 Å². The molecule has 0 saturated carbocycles. The lowest BCUT2D eigenvalue weighted by atomic mass is 9.96. The van der Waals surface area contributed by atoms with E-state index in [9.17, 15) is 4.79 Å². The predicted molar refractivity (Wildman–Crippen MR) is 98.3 cm³/mol. The van der Waals surface area contributed by atoms with Gasteiger partial charge in [0.25, 0.3) is 5.91 Å². The van der Waals surface area contributed by atoms with Gasteiger partial charge >= 0.3 is 0 Å². The lowest BCUT2D eigenvalue weighted by Crippen LogP contribution is -2.15. The topological polar surface area (TPSA) is 74.0 Å². The number of nitrogens with zero attached hydrogens (tertiary/aromatic N) is 4. The van der Waals surface area contributed by atoms with Gasteiger partial charge in [0.15, 0.2) is 5.82 Å². The summed E-state index contributed by atoms with van der Waals surface area (Å²) in [6.45, 7) is 4.15. The molecule has 0 spiro atoms. The number of anilines is 1. The molecule has 0 radical (unpaired) electrons. The number of ether oxygens (including phenoxy) is 1. The minimum atomic E-state index is -0.172. The van der Waals surface area contributed by atoms with Crippen LogP contribution in [-0.2, 0) is 14.1 Å². The van der Waals surface area contributed by atoms with Crippen molar-refractivity contribution in [3.63, 3.8) is 0 Å². The van der Waals surface area contributed by atoms with Gasteiger partial charge in [-0.3, -0.25) is 9.48 Å². The van der Waals surface area contributed by atoms with Gasteiger partial charge in [-0.25, -0.2) is 4.98 Å². The van der Waals surface area contributed by atoms with Crippen LogP contribution in [0.4, 0.5) is 5.82 Å². The Hall–Kier alpha value is -3.09. The zero-order chi connectivity index (χ0) is 18.4. The van der Waals surface area contributed by atoms with Crippen LogP contribution < -0.4 is 10.1 Å². The van der Waals surface area contributed by atoms with E-state index in [-0.39, 0.29) is 17.9 Å². The molecular formula is C19H21N5O2. The number of hydrogen-bond donors (Lipinski definition) is 1. The smallest absolute Gasteiger partial charge is 0.256 e. The Morgan fingerprint density at radius 1 is 1.23 bits per heavy atom. The molecule has 0 aliphatic carbocycles. The molecule has 3 heterocycles. The van der Waals surface area contributed by atoms with Crippen LogP contribution in [-0.4, -0.2) is 31.3 Å². The van der Waals surface area contributed by atoms with Crippen molar-refractivity contribution in [3.05, 3.63) is 47.8 Å². The number of nitrogens with one attached hydrogen (secondary N) is 1. The Bertz CT molecular complexity index is 988. The summed E-state index contributed by atoms with van der Waals surface area (Å²) in [7, 11) is 3.70. The van der Waals surface area contributed by atoms with Crippen LogP contribution in [0, 0.1) is 0 Å². The number of aryl methyl sites for hydroxylation is 2. The quantitative estimate of drug-likeness (QED) is 0.787. The average Bonchev–Trinajstić information content (AvgIpc) is 3.27. The monoisotopic (exact) mass is 351 g/mol. The maximum atomic E-state index is 12.7. The third kappa shape index (κ3) is 2.65. The fraction of sp³-hybridized carbons (Fsp3) is 0.316. The Kier molecular flexibility index (Phi) is 3.79. The van der Waals surface area contributed by atoms with Crippen LogP contribution >= 0.6 is 0 Å². The molecular weight excluding hydrogens is 330 g/mol. The van der Waals surface area contributed by atoms with Gasteiger partial charge in [-0.1, -0.05) is 6.92 Å². The van der Waals surface area contributed by atoms with Gasteiger partial charge in [-0.15, -0.1) is 0 Å². The van der Waals surface area contributed by atoms with Crippen molar-refractivity contribution in [2.75, 3.05) is 5.32 Å². The molecule has 1 amide bonds. The van der Waals surface area contributed by atoms with Gasteiger partial charge < -0.3 is 14.6 Å². The molecule has 0 bridgehead atoms. The van der Waals surface area contributed by atoms with Crippen molar-refractivity contribution in [2.45, 2.75) is 25.9 Å². The normalized spacial score (nSPS) is 18.5. The third-order valence-electron chi connectivity index (χ3n) is 4.95. The van der Waals surface area contributed by atoms with Gasteiger partial charge in [-0.05, 0) is 25.1 Å². The standard InChI is InChI=1S/C19H21N5O2/c1-11-12(2)26-16-6-5-13(9-14(11)16)19(25)21-17-10-15(22-24(17)4)18-20-7-8-23(18)3/h5-12H,1-4H3,(H,21,25). The van der Waals surface area contributed by atoms with Crippen molar-refractivity contribution in [1.82, 2.24) is 19.3 Å². The van der Waals surface area contributed by atoms with Gasteiger partial charge in [0.2, 0.25) is 0 Å². The maximum Gasteiger partial charge on any atom is 0.256 e. The van der Waals surface area contributed by atoms with Gasteiger partial charge in [0.05, 0.1) is 0 Å². The molecule has 3 aromatic rings. The zero-order valence-electron chi connectivity index (χ0n) is 15.2. The lowest BCUT2D eigenvalue weighted by Gasteiger charge is -2.08. The first-order chi connectivity index (χ1) is 12.4. The summed E-state index contributed by atoms with van der Waals surface area (Å²) in [4.78, 5) is 17.0. The van der Waals surface area contributed by atoms with E-state index >= 15 is 0 Å². The summed E-state index contributed by atoms with van der Waals surface area (Å²) >= 11 is 0. The highest BCUT2D eigenvalue weighted by atomic mass is 16.5. The molecule has 4 rings (SSSR count). The fourth-order valence-corrected chi connectivity index (χ4v) is 3.20. The number of imidazole rings is 1. The number of aromatic nitrogens is 4. The molecule has 134 valence electrons. The largest absolute Gasteiger partial charge is 0.490 e. The summed E-state index contributed by atoms with van der Waals surface area (Å²) in [6, 6.07) is 7.39. The van der Waals surface area contributed by atoms with Gasteiger partial charge in [0, 0.05) is 49.6 Å². The van der Waals surface area contributed by atoms with Crippen molar-refractivity contribution in [2.24, 2.45) is 14.1 Å². The SMILES string of the molecule is CC1Oc2ccc(C(=O)Nc3cc(-c4nccn4C)nn3C)cc2C1C. The number of benzene rings is 1. The number of carbonyl (C=O) groups is 1. The molecule has 1 aliphatic rings. The minimum absolute atomic E-state index is 0.126. The Morgan fingerprint density at radius 3 is 2.77 bits per heavy atom. The van der Waals surface area contributed by atoms with E-state index in [1.807, 2.05) is 42.9 Å². The second-order valence-corrected chi connectivity index (χ2v) is 6.72. The number of amides is 1. The fourth-order valence-electron chi connectivity index (χ4n) is 3.20. The summed E-state index contributed by atoms with van der Waals surface area (Å²) < 4.78 is 9.32. The molecule has 2 atom stereocenters. The maximum absolute atomic E-state index is 12.7. The van der Waals surface area contributed by atoms with E-state index in [0.717, 1.165) is 17.1 Å². The predicted octanol–water partition coefficient (Wildman–Crippen LogP) is 2.96. The first kappa shape index (κ1) is 16.4. The molecule has 0 fully saturated rings. The first-order valence-electron chi connectivity index (χ1n) is 8.57. The average molecular weight is 351 g/mol. The van der Waals surface area contributed by atoms with E-state index in [0.29, 0.717) is 17.1 Å². The highest BCUT2D eigenvalue weighted by Gasteiger charge is 2.28. The number of hydrogen-bond acceptors (Lipinski definition) is 4. The number of fused-ring (bicyclic) bond motifs is 1. The summed E-state index contributed by atoms with van der Waals surface area (Å²) in [5, 5.41) is 7.37. The van der Waals surface area contributed by atoms with Crippen LogP contribution in [0.15, 0.2) is 36.7 Å². The molecule has 1 N–H and O–H groups in total. The van der Waals surface area contributed by atoms with Crippen molar-refractivity contribution >= 4 is 11.7 Å². The number of rotatable bonds is 3. The molecule has 7 nitrogen and oxygen atoms in total. The third-order valence-corrected chi connectivity index (χ3v) is 4.95. The molecule has 2 unspecified atom stereocenters. The Labute approximate surface area is 151 Å². The van der Waals surface area contributed by atoms with Crippen LogP contribution in [0.5, 0.6) is 5.75 Å². The molecule has 1 aromatic carbocycles. The lowest BCUT2D eigenvalue weighted by molar-refractivity contribution is 0.102. The summed E-state index contributed by atoms with van der Waals surface area (Å²) in [5.74, 6) is 2.32. The van der Waals surface area contributed by atoms with E-state index in [1.54, 1.807) is 24.0 Å². The van der Waals surface area contributed by atoms with Crippen LogP contribution in [0.3, 0.4) is 0 Å². The van der Waals surface area contributed by atoms with E-state index in [4.69, 9.17) is 4.74 Å². The number of carbonyl (C=O) groups excluding carboxylic acids is 1. The highest BCUT2D eigenvalue weighted by molar-refractivity contribution is 6.04. The van der Waals surface area contributed by atoms with Crippen molar-refractivity contribution < 1.29 is 9.53 Å². The molecule has 7 heteroatoms. The second-order valence-electron chi connectivity index (χ2n) is 6.72. The van der Waals surface area contributed by atoms with Crippen molar-refractivity contribution in [1.29, 1.82) is 0 Å². The second kappa shape index (κ2) is 6.01. The Morgan fingerprint density at radius 2 is 2.04 bits per heavy atom. The molecule has 26 heavy (non-hydrogen) atoms. The van der Waals surface area contributed by atoms with Crippen LogP contribution in [0.1, 0.15) is 35.7 Å². The van der Waals surface area contributed by atoms with Gasteiger partial charge in [-0.2, -0.15) is 5.10 Å². The van der Waals surface area contributed by atoms with E-state index in [1.165, 1.54) is 0 Å². The molecule has 1 aliphatic heterocycles. The summed E-state index contributed by atoms with van der Waals surface area (Å²) in [5.41, 5.74) is 2.39. The zero-order valence-corrected chi connectivity index (χ0v) is 15.2. The minimum Gasteiger partial charge on any atom is -0.490 e. The van der Waals surface area contributed by atoms with Crippen LogP contribution in [0.25, 0.3) is 11.5 Å². The molecule has 2 aromatic heterocycles. The first-order valence-corrected chi connectivity index (χ1v) is 8.57. The Balaban J connectivity index is 1.58. The van der Waals surface area contributed by atoms with E-state index < -0.39 is 0 Å². The molecule has 0 saturated heterocycles. The summed E-state index contributed by atoms with van der Waals surface area (Å²) in [6.07, 6.45) is 3.70.